The molecule has 2 bridgehead atoms. The van der Waals surface area contributed by atoms with E-state index in [4.69, 9.17) is 5.73 Å². The number of hydrogen-bond acceptors (Lipinski definition) is 4. The third kappa shape index (κ3) is 2.75. The van der Waals surface area contributed by atoms with Crippen LogP contribution in [0.1, 0.15) is 42.5 Å². The molecule has 2 aromatic rings. The summed E-state index contributed by atoms with van der Waals surface area (Å²) < 4.78 is 13.9. The van der Waals surface area contributed by atoms with Crippen LogP contribution in [0.3, 0.4) is 0 Å². The summed E-state index contributed by atoms with van der Waals surface area (Å²) >= 11 is 0. The van der Waals surface area contributed by atoms with Crippen LogP contribution in [0.5, 0.6) is 0 Å². The second-order valence-corrected chi connectivity index (χ2v) is 7.06. The van der Waals surface area contributed by atoms with E-state index in [9.17, 15) is 9.18 Å². The number of rotatable bonds is 2. The van der Waals surface area contributed by atoms with Crippen molar-refractivity contribution in [2.75, 3.05) is 0 Å². The fraction of sp³-hybridized carbons (Fsp3) is 0.500. The van der Waals surface area contributed by atoms with E-state index in [0.717, 1.165) is 25.7 Å². The second-order valence-electron chi connectivity index (χ2n) is 7.06. The molecule has 2 unspecified atom stereocenters. The van der Waals surface area contributed by atoms with Crippen molar-refractivity contribution in [1.82, 2.24) is 15.3 Å². The van der Waals surface area contributed by atoms with Crippen molar-refractivity contribution < 1.29 is 9.18 Å². The van der Waals surface area contributed by atoms with Crippen molar-refractivity contribution in [3.63, 3.8) is 0 Å². The van der Waals surface area contributed by atoms with Crippen LogP contribution in [-0.4, -0.2) is 28.0 Å². The highest BCUT2D eigenvalue weighted by molar-refractivity contribution is 6.04. The SMILES string of the molecule is NC1CC2CCCC(C1)C2NC(=O)c1cc(F)cc2nccnc12. The molecule has 6 heteroatoms. The molecule has 126 valence electrons. The third-order valence-electron chi connectivity index (χ3n) is 5.46. The number of amides is 1. The standard InChI is InChI=1S/C18H21FN4O/c19-12-8-14(17-15(9-12)21-4-5-22-17)18(24)23-16-10-2-1-3-11(16)7-13(20)6-10/h4-5,8-11,13,16H,1-3,6-7,20H2,(H,23,24). The smallest absolute Gasteiger partial charge is 0.253 e. The summed E-state index contributed by atoms with van der Waals surface area (Å²) in [6, 6.07) is 2.90. The van der Waals surface area contributed by atoms with Gasteiger partial charge < -0.3 is 11.1 Å². The van der Waals surface area contributed by atoms with E-state index in [0.29, 0.717) is 22.9 Å². The first kappa shape index (κ1) is 15.4. The number of aromatic nitrogens is 2. The summed E-state index contributed by atoms with van der Waals surface area (Å²) in [5, 5.41) is 3.15. The van der Waals surface area contributed by atoms with Gasteiger partial charge in [-0.05, 0) is 43.6 Å². The number of carbonyl (C=O) groups excluding carboxylic acids is 1. The molecule has 2 aliphatic rings. The van der Waals surface area contributed by atoms with E-state index in [1.54, 1.807) is 0 Å². The van der Waals surface area contributed by atoms with E-state index < -0.39 is 5.82 Å². The molecule has 0 radical (unpaired) electrons. The summed E-state index contributed by atoms with van der Waals surface area (Å²) in [6.07, 6.45) is 8.30. The molecule has 2 atom stereocenters. The molecule has 5 nitrogen and oxygen atoms in total. The minimum absolute atomic E-state index is 0.126. The quantitative estimate of drug-likeness (QED) is 0.887. The first-order valence-electron chi connectivity index (χ1n) is 8.58. The Kier molecular flexibility index (Phi) is 3.92. The Morgan fingerprint density at radius 1 is 1.17 bits per heavy atom. The van der Waals surface area contributed by atoms with E-state index >= 15 is 0 Å². The highest BCUT2D eigenvalue weighted by Crippen LogP contribution is 2.39. The average Bonchev–Trinajstić information content (AvgIpc) is 2.54. The fourth-order valence-electron chi connectivity index (χ4n) is 4.47. The van der Waals surface area contributed by atoms with E-state index in [1.165, 1.54) is 30.9 Å². The van der Waals surface area contributed by atoms with Gasteiger partial charge in [0.25, 0.3) is 5.91 Å². The summed E-state index contributed by atoms with van der Waals surface area (Å²) in [5.41, 5.74) is 7.23. The maximum absolute atomic E-state index is 13.9. The summed E-state index contributed by atoms with van der Waals surface area (Å²) in [4.78, 5) is 21.1. The first-order chi connectivity index (χ1) is 11.6. The fourth-order valence-corrected chi connectivity index (χ4v) is 4.47. The van der Waals surface area contributed by atoms with Crippen molar-refractivity contribution in [2.24, 2.45) is 17.6 Å². The molecule has 1 amide bonds. The van der Waals surface area contributed by atoms with E-state index in [-0.39, 0.29) is 23.6 Å². The van der Waals surface area contributed by atoms with Crippen molar-refractivity contribution in [3.8, 4) is 0 Å². The molecule has 2 aliphatic carbocycles. The lowest BCUT2D eigenvalue weighted by Gasteiger charge is -2.45. The first-order valence-corrected chi connectivity index (χ1v) is 8.58. The molecule has 2 saturated carbocycles. The number of benzene rings is 1. The van der Waals surface area contributed by atoms with Crippen molar-refractivity contribution in [1.29, 1.82) is 0 Å². The molecule has 1 heterocycles. The molecule has 4 rings (SSSR count). The van der Waals surface area contributed by atoms with Crippen molar-refractivity contribution in [2.45, 2.75) is 44.2 Å². The topological polar surface area (TPSA) is 80.9 Å². The highest BCUT2D eigenvalue weighted by Gasteiger charge is 2.40. The third-order valence-corrected chi connectivity index (χ3v) is 5.46. The number of fused-ring (bicyclic) bond motifs is 3. The Balaban J connectivity index is 1.63. The van der Waals surface area contributed by atoms with Crippen molar-refractivity contribution >= 4 is 16.9 Å². The Hall–Kier alpha value is -2.08. The number of nitrogens with two attached hydrogens (primary N) is 1. The van der Waals surface area contributed by atoms with Gasteiger partial charge in [0.1, 0.15) is 11.3 Å². The molecule has 24 heavy (non-hydrogen) atoms. The summed E-state index contributed by atoms with van der Waals surface area (Å²) in [7, 11) is 0. The minimum Gasteiger partial charge on any atom is -0.349 e. The van der Waals surface area contributed by atoms with Crippen LogP contribution in [0, 0.1) is 17.7 Å². The molecule has 3 N–H and O–H groups in total. The average molecular weight is 328 g/mol. The lowest BCUT2D eigenvalue weighted by atomic mass is 9.67. The molecule has 0 saturated heterocycles. The van der Waals surface area contributed by atoms with Gasteiger partial charge in [-0.3, -0.25) is 14.8 Å². The van der Waals surface area contributed by atoms with Crippen LogP contribution in [0.4, 0.5) is 4.39 Å². The lowest BCUT2D eigenvalue weighted by molar-refractivity contribution is 0.0757. The van der Waals surface area contributed by atoms with Gasteiger partial charge in [-0.1, -0.05) is 6.42 Å². The number of halogens is 1. The van der Waals surface area contributed by atoms with E-state index in [1.807, 2.05) is 0 Å². The zero-order valence-corrected chi connectivity index (χ0v) is 13.4. The monoisotopic (exact) mass is 328 g/mol. The number of nitrogens with one attached hydrogen (secondary N) is 1. The van der Waals surface area contributed by atoms with Gasteiger partial charge in [-0.2, -0.15) is 0 Å². The number of carbonyl (C=O) groups is 1. The molecule has 0 aliphatic heterocycles. The normalized spacial score (nSPS) is 29.4. The van der Waals surface area contributed by atoms with Gasteiger partial charge in [0.15, 0.2) is 0 Å². The maximum Gasteiger partial charge on any atom is 0.253 e. The molecule has 2 fully saturated rings. The predicted octanol–water partition coefficient (Wildman–Crippen LogP) is 2.40. The maximum atomic E-state index is 13.9. The van der Waals surface area contributed by atoms with E-state index in [2.05, 4.69) is 15.3 Å². The Morgan fingerprint density at radius 2 is 1.88 bits per heavy atom. The lowest BCUT2D eigenvalue weighted by Crippen LogP contribution is -2.53. The predicted molar refractivity (Wildman–Crippen MR) is 88.8 cm³/mol. The molecule has 0 spiro atoms. The van der Waals surface area contributed by atoms with Crippen molar-refractivity contribution in [3.05, 3.63) is 35.9 Å². The van der Waals surface area contributed by atoms with Crippen LogP contribution in [0.2, 0.25) is 0 Å². The minimum atomic E-state index is -0.473. The second kappa shape index (κ2) is 6.09. The van der Waals surface area contributed by atoms with Gasteiger partial charge in [0.05, 0.1) is 11.1 Å². The number of nitrogens with zero attached hydrogens (tertiary/aromatic N) is 2. The Morgan fingerprint density at radius 3 is 2.62 bits per heavy atom. The van der Waals surface area contributed by atoms with Crippen LogP contribution in [0.25, 0.3) is 11.0 Å². The molecule has 1 aromatic carbocycles. The highest BCUT2D eigenvalue weighted by atomic mass is 19.1. The van der Waals surface area contributed by atoms with Crippen LogP contribution in [-0.2, 0) is 0 Å². The molecular formula is C18H21FN4O. The van der Waals surface area contributed by atoms with Gasteiger partial charge in [0, 0.05) is 30.5 Å². The molecular weight excluding hydrogens is 307 g/mol. The van der Waals surface area contributed by atoms with Crippen LogP contribution in [0.15, 0.2) is 24.5 Å². The van der Waals surface area contributed by atoms with Gasteiger partial charge in [0.2, 0.25) is 0 Å². The van der Waals surface area contributed by atoms with Crippen LogP contribution < -0.4 is 11.1 Å². The largest absolute Gasteiger partial charge is 0.349 e. The van der Waals surface area contributed by atoms with Crippen LogP contribution >= 0.6 is 0 Å². The molecule has 1 aromatic heterocycles. The van der Waals surface area contributed by atoms with Gasteiger partial charge in [-0.15, -0.1) is 0 Å². The Bertz CT molecular complexity index is 767. The zero-order chi connectivity index (χ0) is 16.7. The summed E-state index contributed by atoms with van der Waals surface area (Å²) in [5.74, 6) is 0.0982. The summed E-state index contributed by atoms with van der Waals surface area (Å²) in [6.45, 7) is 0. The van der Waals surface area contributed by atoms with Gasteiger partial charge >= 0.3 is 0 Å². The Labute approximate surface area is 139 Å². The zero-order valence-electron chi connectivity index (χ0n) is 13.4. The number of hydrogen-bond donors (Lipinski definition) is 2. The van der Waals surface area contributed by atoms with Gasteiger partial charge in [-0.25, -0.2) is 4.39 Å².